The number of hydrogen-bond acceptors (Lipinski definition) is 3. The predicted octanol–water partition coefficient (Wildman–Crippen LogP) is 3.25. The molecule has 0 bridgehead atoms. The van der Waals surface area contributed by atoms with Gasteiger partial charge < -0.3 is 5.32 Å². The first-order valence-corrected chi connectivity index (χ1v) is 5.99. The lowest BCUT2D eigenvalue weighted by Gasteiger charge is -2.11. The highest BCUT2D eigenvalue weighted by Gasteiger charge is 2.08. The minimum absolute atomic E-state index is 0.121. The number of nitrogens with one attached hydrogen (secondary N) is 1. The fourth-order valence-corrected chi connectivity index (χ4v) is 1.81. The first kappa shape index (κ1) is 13.1. The lowest BCUT2D eigenvalue weighted by molar-refractivity contribution is -0.385. The molecule has 0 aliphatic heterocycles. The van der Waals surface area contributed by atoms with Crippen molar-refractivity contribution in [3.05, 3.63) is 38.3 Å². The highest BCUT2D eigenvalue weighted by Crippen LogP contribution is 2.21. The van der Waals surface area contributed by atoms with Gasteiger partial charge in [0.15, 0.2) is 0 Å². The third kappa shape index (κ3) is 3.90. The summed E-state index contributed by atoms with van der Waals surface area (Å²) in [6, 6.07) is 5.41. The van der Waals surface area contributed by atoms with Crippen molar-refractivity contribution >= 4 is 21.6 Å². The lowest BCUT2D eigenvalue weighted by Crippen LogP contribution is -2.24. The number of nitro benzene ring substituents is 1. The van der Waals surface area contributed by atoms with Crippen LogP contribution in [0.3, 0.4) is 0 Å². The average Bonchev–Trinajstić information content (AvgIpc) is 2.25. The van der Waals surface area contributed by atoms with Gasteiger partial charge >= 0.3 is 0 Å². The van der Waals surface area contributed by atoms with Gasteiger partial charge in [0, 0.05) is 29.2 Å². The van der Waals surface area contributed by atoms with Crippen molar-refractivity contribution < 1.29 is 4.92 Å². The molecule has 0 aromatic heterocycles. The fourth-order valence-electron chi connectivity index (χ4n) is 1.28. The summed E-state index contributed by atoms with van der Waals surface area (Å²) in [6.45, 7) is 4.84. The van der Waals surface area contributed by atoms with E-state index in [9.17, 15) is 10.1 Å². The van der Waals surface area contributed by atoms with Crippen molar-refractivity contribution in [3.8, 4) is 0 Å². The molecule has 1 atom stereocenters. The van der Waals surface area contributed by atoms with Crippen LogP contribution in [0, 0.1) is 10.1 Å². The molecule has 0 saturated carbocycles. The van der Waals surface area contributed by atoms with E-state index < -0.39 is 0 Å². The first-order chi connectivity index (χ1) is 7.52. The van der Waals surface area contributed by atoms with E-state index in [0.717, 1.165) is 16.5 Å². The van der Waals surface area contributed by atoms with Crippen LogP contribution in [0.5, 0.6) is 0 Å². The first-order valence-electron chi connectivity index (χ1n) is 5.20. The van der Waals surface area contributed by atoms with Crippen molar-refractivity contribution in [2.45, 2.75) is 32.9 Å². The Bertz CT molecular complexity index is 382. The van der Waals surface area contributed by atoms with Gasteiger partial charge in [0.25, 0.3) is 5.69 Å². The summed E-state index contributed by atoms with van der Waals surface area (Å²) >= 11 is 3.27. The van der Waals surface area contributed by atoms with Gasteiger partial charge in [-0.15, -0.1) is 0 Å². The van der Waals surface area contributed by atoms with Crippen LogP contribution < -0.4 is 5.32 Å². The molecule has 88 valence electrons. The summed E-state index contributed by atoms with van der Waals surface area (Å²) in [6.07, 6.45) is 1.04. The van der Waals surface area contributed by atoms with E-state index in [4.69, 9.17) is 0 Å². The molecule has 0 radical (unpaired) electrons. The second kappa shape index (κ2) is 5.96. The van der Waals surface area contributed by atoms with Crippen molar-refractivity contribution in [3.63, 3.8) is 0 Å². The topological polar surface area (TPSA) is 55.2 Å². The predicted molar refractivity (Wildman–Crippen MR) is 67.4 cm³/mol. The van der Waals surface area contributed by atoms with E-state index >= 15 is 0 Å². The summed E-state index contributed by atoms with van der Waals surface area (Å²) in [5, 5.41) is 14.0. The van der Waals surface area contributed by atoms with Crippen LogP contribution in [0.15, 0.2) is 22.7 Å². The number of nitrogens with zero attached hydrogens (tertiary/aromatic N) is 1. The average molecular weight is 287 g/mol. The summed E-state index contributed by atoms with van der Waals surface area (Å²) in [7, 11) is 0. The largest absolute Gasteiger partial charge is 0.310 e. The zero-order chi connectivity index (χ0) is 12.1. The van der Waals surface area contributed by atoms with Gasteiger partial charge in [0.2, 0.25) is 0 Å². The third-order valence-electron chi connectivity index (χ3n) is 2.42. The number of rotatable bonds is 5. The molecule has 5 heteroatoms. The number of non-ortho nitro benzene ring substituents is 1. The van der Waals surface area contributed by atoms with Gasteiger partial charge in [-0.2, -0.15) is 0 Å². The van der Waals surface area contributed by atoms with Crippen molar-refractivity contribution in [2.75, 3.05) is 0 Å². The Morgan fingerprint density at radius 3 is 2.75 bits per heavy atom. The Morgan fingerprint density at radius 1 is 1.50 bits per heavy atom. The minimum Gasteiger partial charge on any atom is -0.310 e. The maximum absolute atomic E-state index is 10.7. The van der Waals surface area contributed by atoms with Crippen molar-refractivity contribution in [1.29, 1.82) is 0 Å². The van der Waals surface area contributed by atoms with Gasteiger partial charge in [0.1, 0.15) is 0 Å². The maximum atomic E-state index is 10.7. The Hall–Kier alpha value is -0.940. The summed E-state index contributed by atoms with van der Waals surface area (Å²) in [5.74, 6) is 0. The van der Waals surface area contributed by atoms with E-state index in [0.29, 0.717) is 12.6 Å². The molecular weight excluding hydrogens is 272 g/mol. The van der Waals surface area contributed by atoms with Crippen LogP contribution in [0.1, 0.15) is 25.8 Å². The molecule has 0 aliphatic rings. The van der Waals surface area contributed by atoms with Gasteiger partial charge in [-0.05, 0) is 25.0 Å². The smallest absolute Gasteiger partial charge is 0.270 e. The quantitative estimate of drug-likeness (QED) is 0.668. The van der Waals surface area contributed by atoms with Crippen LogP contribution >= 0.6 is 15.9 Å². The van der Waals surface area contributed by atoms with Crippen LogP contribution in [0.4, 0.5) is 5.69 Å². The summed E-state index contributed by atoms with van der Waals surface area (Å²) < 4.78 is 0.739. The minimum atomic E-state index is -0.377. The molecule has 0 fully saturated rings. The summed E-state index contributed by atoms with van der Waals surface area (Å²) in [4.78, 5) is 10.3. The molecule has 16 heavy (non-hydrogen) atoms. The molecule has 1 unspecified atom stereocenters. The molecule has 0 amide bonds. The number of nitro groups is 1. The molecule has 0 saturated heterocycles. The van der Waals surface area contributed by atoms with Crippen LogP contribution in [-0.2, 0) is 6.54 Å². The fraction of sp³-hybridized carbons (Fsp3) is 0.455. The van der Waals surface area contributed by atoms with E-state index in [2.05, 4.69) is 35.1 Å². The van der Waals surface area contributed by atoms with Crippen LogP contribution in [0.25, 0.3) is 0 Å². The third-order valence-corrected chi connectivity index (χ3v) is 2.88. The molecule has 1 aromatic carbocycles. The van der Waals surface area contributed by atoms with Crippen molar-refractivity contribution in [1.82, 2.24) is 5.32 Å². The molecule has 1 aromatic rings. The number of hydrogen-bond donors (Lipinski definition) is 1. The number of halogens is 1. The second-order valence-electron chi connectivity index (χ2n) is 3.76. The van der Waals surface area contributed by atoms with Crippen LogP contribution in [-0.4, -0.2) is 11.0 Å². The van der Waals surface area contributed by atoms with E-state index in [1.54, 1.807) is 6.07 Å². The Morgan fingerprint density at radius 2 is 2.19 bits per heavy atom. The molecule has 1 N–H and O–H groups in total. The second-order valence-corrected chi connectivity index (χ2v) is 4.68. The molecule has 0 heterocycles. The molecule has 4 nitrogen and oxygen atoms in total. The highest BCUT2D eigenvalue weighted by atomic mass is 79.9. The maximum Gasteiger partial charge on any atom is 0.270 e. The Kier molecular flexibility index (Phi) is 4.89. The van der Waals surface area contributed by atoms with Gasteiger partial charge in [-0.1, -0.05) is 22.9 Å². The SMILES string of the molecule is CCC(C)NCc1cc(Br)cc([N+](=O)[O-])c1. The van der Waals surface area contributed by atoms with Gasteiger partial charge in [-0.25, -0.2) is 0 Å². The molecule has 0 spiro atoms. The molecule has 1 rings (SSSR count). The zero-order valence-corrected chi connectivity index (χ0v) is 11.0. The zero-order valence-electron chi connectivity index (χ0n) is 9.37. The summed E-state index contributed by atoms with van der Waals surface area (Å²) in [5.41, 5.74) is 1.04. The Balaban J connectivity index is 2.76. The standard InChI is InChI=1S/C11H15BrN2O2/c1-3-8(2)13-7-9-4-10(12)6-11(5-9)14(15)16/h4-6,8,13H,3,7H2,1-2H3. The monoisotopic (exact) mass is 286 g/mol. The molecule has 0 aliphatic carbocycles. The van der Waals surface area contributed by atoms with Gasteiger partial charge in [0.05, 0.1) is 4.92 Å². The Labute approximate surface area is 103 Å². The van der Waals surface area contributed by atoms with E-state index in [1.165, 1.54) is 6.07 Å². The number of benzene rings is 1. The highest BCUT2D eigenvalue weighted by molar-refractivity contribution is 9.10. The van der Waals surface area contributed by atoms with Crippen LogP contribution in [0.2, 0.25) is 0 Å². The normalized spacial score (nSPS) is 12.4. The van der Waals surface area contributed by atoms with Crippen molar-refractivity contribution in [2.24, 2.45) is 0 Å². The van der Waals surface area contributed by atoms with E-state index in [1.807, 2.05) is 6.07 Å². The van der Waals surface area contributed by atoms with E-state index in [-0.39, 0.29) is 10.6 Å². The lowest BCUT2D eigenvalue weighted by atomic mass is 10.2. The van der Waals surface area contributed by atoms with Gasteiger partial charge in [-0.3, -0.25) is 10.1 Å². The molecular formula is C11H15BrN2O2.